The topological polar surface area (TPSA) is 42.7 Å². The number of nitrogens with one attached hydrogen (secondary N) is 1. The van der Waals surface area contributed by atoms with Crippen molar-refractivity contribution in [1.82, 2.24) is 20.1 Å². The molecular weight excluding hydrogens is 256 g/mol. The molecule has 1 unspecified atom stereocenters. The van der Waals surface area contributed by atoms with E-state index < -0.39 is 0 Å². The van der Waals surface area contributed by atoms with Crippen LogP contribution in [0.5, 0.6) is 0 Å². The highest BCUT2D eigenvalue weighted by molar-refractivity contribution is 7.15. The molecule has 1 N–H and O–H groups in total. The van der Waals surface area contributed by atoms with E-state index >= 15 is 0 Å². The third-order valence-corrected chi connectivity index (χ3v) is 4.94. The molecule has 2 aromatic heterocycles. The van der Waals surface area contributed by atoms with Crippen molar-refractivity contribution in [2.45, 2.75) is 45.2 Å². The molecule has 2 aromatic rings. The van der Waals surface area contributed by atoms with Gasteiger partial charge in [0.25, 0.3) is 0 Å². The van der Waals surface area contributed by atoms with Gasteiger partial charge in [-0.1, -0.05) is 0 Å². The van der Waals surface area contributed by atoms with Gasteiger partial charge in [0, 0.05) is 28.7 Å². The van der Waals surface area contributed by atoms with E-state index in [-0.39, 0.29) is 0 Å². The van der Waals surface area contributed by atoms with E-state index in [1.54, 1.807) is 0 Å². The maximum atomic E-state index is 4.82. The fourth-order valence-corrected chi connectivity index (χ4v) is 3.78. The van der Waals surface area contributed by atoms with Crippen molar-refractivity contribution in [2.75, 3.05) is 7.05 Å². The zero-order valence-electron chi connectivity index (χ0n) is 11.7. The maximum absolute atomic E-state index is 4.82. The van der Waals surface area contributed by atoms with E-state index in [2.05, 4.69) is 30.5 Å². The van der Waals surface area contributed by atoms with Gasteiger partial charge in [0.2, 0.25) is 0 Å². The molecule has 0 spiro atoms. The van der Waals surface area contributed by atoms with Crippen LogP contribution in [0.4, 0.5) is 0 Å². The Kier molecular flexibility index (Phi) is 3.41. The monoisotopic (exact) mass is 276 g/mol. The van der Waals surface area contributed by atoms with E-state index in [0.29, 0.717) is 12.1 Å². The van der Waals surface area contributed by atoms with Gasteiger partial charge in [-0.3, -0.25) is 4.68 Å². The van der Waals surface area contributed by atoms with E-state index in [9.17, 15) is 0 Å². The third kappa shape index (κ3) is 2.32. The molecule has 4 nitrogen and oxygen atoms in total. The number of rotatable bonds is 3. The van der Waals surface area contributed by atoms with Crippen molar-refractivity contribution in [3.05, 3.63) is 23.0 Å². The molecule has 2 heterocycles. The normalized spacial score (nSPS) is 18.8. The molecule has 102 valence electrons. The molecule has 0 aliphatic heterocycles. The second-order valence-corrected chi connectivity index (χ2v) is 6.40. The van der Waals surface area contributed by atoms with Crippen LogP contribution in [0, 0.1) is 0 Å². The summed E-state index contributed by atoms with van der Waals surface area (Å²) in [6.07, 6.45) is 7.59. The fourth-order valence-electron chi connectivity index (χ4n) is 2.55. The quantitative estimate of drug-likeness (QED) is 0.936. The van der Waals surface area contributed by atoms with Crippen LogP contribution in [0.15, 0.2) is 12.4 Å². The number of thiazole rings is 1. The van der Waals surface area contributed by atoms with Gasteiger partial charge in [-0.25, -0.2) is 4.98 Å². The molecule has 3 rings (SSSR count). The lowest BCUT2D eigenvalue weighted by molar-refractivity contribution is 0.501. The SMILES string of the molecule is CNC1CCCc2nc(-c3cnn(C(C)C)c3)sc21. The number of hydrogen-bond acceptors (Lipinski definition) is 4. The highest BCUT2D eigenvalue weighted by atomic mass is 32.1. The van der Waals surface area contributed by atoms with Crippen molar-refractivity contribution in [1.29, 1.82) is 0 Å². The minimum absolute atomic E-state index is 0.397. The lowest BCUT2D eigenvalue weighted by atomic mass is 9.98. The summed E-state index contributed by atoms with van der Waals surface area (Å²) < 4.78 is 1.99. The van der Waals surface area contributed by atoms with Gasteiger partial charge < -0.3 is 5.32 Å². The van der Waals surface area contributed by atoms with E-state index in [0.717, 1.165) is 17.0 Å². The van der Waals surface area contributed by atoms with Crippen LogP contribution in [0.3, 0.4) is 0 Å². The first-order valence-corrected chi connectivity index (χ1v) is 7.72. The lowest BCUT2D eigenvalue weighted by Crippen LogP contribution is -2.19. The molecule has 0 saturated carbocycles. The minimum Gasteiger partial charge on any atom is -0.312 e. The molecule has 0 saturated heterocycles. The summed E-state index contributed by atoms with van der Waals surface area (Å²) in [6, 6.07) is 0.878. The summed E-state index contributed by atoms with van der Waals surface area (Å²) in [5, 5.41) is 8.91. The first-order chi connectivity index (χ1) is 9.19. The Bertz CT molecular complexity index is 570. The summed E-state index contributed by atoms with van der Waals surface area (Å²) in [7, 11) is 2.04. The molecular formula is C14H20N4S. The standard InChI is InChI=1S/C14H20N4S/c1-9(2)18-8-10(7-16-18)14-17-12-6-4-5-11(15-3)13(12)19-14/h7-9,11,15H,4-6H2,1-3H3. The molecule has 0 bridgehead atoms. The van der Waals surface area contributed by atoms with Crippen LogP contribution >= 0.6 is 11.3 Å². The molecule has 0 aromatic carbocycles. The predicted octanol–water partition coefficient (Wildman–Crippen LogP) is 3.18. The predicted molar refractivity (Wildman–Crippen MR) is 78.5 cm³/mol. The van der Waals surface area contributed by atoms with Gasteiger partial charge in [-0.15, -0.1) is 11.3 Å². The Morgan fingerprint density at radius 3 is 3.00 bits per heavy atom. The molecule has 1 aliphatic rings. The zero-order valence-corrected chi connectivity index (χ0v) is 12.5. The summed E-state index contributed by atoms with van der Waals surface area (Å²) in [6.45, 7) is 4.28. The maximum Gasteiger partial charge on any atom is 0.127 e. The Hall–Kier alpha value is -1.20. The number of aromatic nitrogens is 3. The van der Waals surface area contributed by atoms with Crippen molar-refractivity contribution < 1.29 is 0 Å². The molecule has 0 fully saturated rings. The zero-order chi connectivity index (χ0) is 13.4. The number of aryl methyl sites for hydroxylation is 1. The molecule has 0 radical (unpaired) electrons. The molecule has 1 aliphatic carbocycles. The summed E-state index contributed by atoms with van der Waals surface area (Å²) in [5.74, 6) is 0. The van der Waals surface area contributed by atoms with E-state index in [1.165, 1.54) is 23.4 Å². The Morgan fingerprint density at radius 1 is 1.47 bits per heavy atom. The average Bonchev–Trinajstić information content (AvgIpc) is 3.04. The van der Waals surface area contributed by atoms with Gasteiger partial charge in [0.05, 0.1) is 11.9 Å². The van der Waals surface area contributed by atoms with Crippen LogP contribution in [0.2, 0.25) is 0 Å². The molecule has 19 heavy (non-hydrogen) atoms. The average molecular weight is 276 g/mol. The highest BCUT2D eigenvalue weighted by Gasteiger charge is 2.24. The second-order valence-electron chi connectivity index (χ2n) is 5.37. The van der Waals surface area contributed by atoms with Crippen molar-refractivity contribution in [2.24, 2.45) is 0 Å². The first kappa shape index (κ1) is 12.8. The molecule has 1 atom stereocenters. The van der Waals surface area contributed by atoms with Gasteiger partial charge >= 0.3 is 0 Å². The first-order valence-electron chi connectivity index (χ1n) is 6.90. The van der Waals surface area contributed by atoms with E-state index in [4.69, 9.17) is 4.98 Å². The second kappa shape index (κ2) is 5.06. The number of nitrogens with zero attached hydrogens (tertiary/aromatic N) is 3. The van der Waals surface area contributed by atoms with Crippen molar-refractivity contribution >= 4 is 11.3 Å². The Balaban J connectivity index is 1.95. The number of hydrogen-bond donors (Lipinski definition) is 1. The Labute approximate surface area is 117 Å². The van der Waals surface area contributed by atoms with Crippen LogP contribution in [-0.4, -0.2) is 21.8 Å². The smallest absolute Gasteiger partial charge is 0.127 e. The van der Waals surface area contributed by atoms with E-state index in [1.807, 2.05) is 29.3 Å². The van der Waals surface area contributed by atoms with Gasteiger partial charge in [-0.05, 0) is 40.2 Å². The van der Waals surface area contributed by atoms with Gasteiger partial charge in [0.1, 0.15) is 5.01 Å². The van der Waals surface area contributed by atoms with Crippen LogP contribution in [0.25, 0.3) is 10.6 Å². The van der Waals surface area contributed by atoms with Gasteiger partial charge in [0.15, 0.2) is 0 Å². The molecule has 0 amide bonds. The Morgan fingerprint density at radius 2 is 2.32 bits per heavy atom. The van der Waals surface area contributed by atoms with Gasteiger partial charge in [-0.2, -0.15) is 5.10 Å². The third-order valence-electron chi connectivity index (χ3n) is 3.68. The molecule has 5 heteroatoms. The summed E-state index contributed by atoms with van der Waals surface area (Å²) in [5.41, 5.74) is 2.42. The lowest BCUT2D eigenvalue weighted by Gasteiger charge is -2.19. The fraction of sp³-hybridized carbons (Fsp3) is 0.571. The van der Waals surface area contributed by atoms with Crippen molar-refractivity contribution in [3.63, 3.8) is 0 Å². The van der Waals surface area contributed by atoms with Crippen LogP contribution < -0.4 is 5.32 Å². The summed E-state index contributed by atoms with van der Waals surface area (Å²) >= 11 is 1.82. The summed E-state index contributed by atoms with van der Waals surface area (Å²) in [4.78, 5) is 6.23. The largest absolute Gasteiger partial charge is 0.312 e. The highest BCUT2D eigenvalue weighted by Crippen LogP contribution is 2.37. The van der Waals surface area contributed by atoms with Crippen LogP contribution in [-0.2, 0) is 6.42 Å². The van der Waals surface area contributed by atoms with Crippen molar-refractivity contribution in [3.8, 4) is 10.6 Å². The number of fused-ring (bicyclic) bond motifs is 1. The van der Waals surface area contributed by atoms with Crippen LogP contribution in [0.1, 0.15) is 49.3 Å². The minimum atomic E-state index is 0.397.